The van der Waals surface area contributed by atoms with Crippen LogP contribution in [0.25, 0.3) is 0 Å². The molecule has 0 saturated carbocycles. The van der Waals surface area contributed by atoms with Gasteiger partial charge in [0.25, 0.3) is 8.32 Å². The Kier molecular flexibility index (Phi) is 5.58. The van der Waals surface area contributed by atoms with Crippen molar-refractivity contribution < 1.29 is 4.43 Å². The van der Waals surface area contributed by atoms with Crippen LogP contribution >= 0.6 is 0 Å². The van der Waals surface area contributed by atoms with Crippen molar-refractivity contribution in [3.05, 3.63) is 73.3 Å². The highest BCUT2D eigenvalue weighted by atomic mass is 28.4. The van der Waals surface area contributed by atoms with Gasteiger partial charge in [0.05, 0.1) is 6.61 Å². The molecule has 0 bridgehead atoms. The highest BCUT2D eigenvalue weighted by Crippen LogP contribution is 2.36. The normalized spacial score (nSPS) is 13.6. The van der Waals surface area contributed by atoms with Crippen molar-refractivity contribution in [3.8, 4) is 0 Å². The van der Waals surface area contributed by atoms with Gasteiger partial charge < -0.3 is 10.2 Å². The zero-order chi connectivity index (χ0) is 16.9. The summed E-state index contributed by atoms with van der Waals surface area (Å²) in [6, 6.07) is 21.0. The second kappa shape index (κ2) is 7.26. The number of hydrogen-bond donors (Lipinski definition) is 1. The number of benzene rings is 2. The van der Waals surface area contributed by atoms with Gasteiger partial charge in [-0.25, -0.2) is 0 Å². The van der Waals surface area contributed by atoms with Gasteiger partial charge in [-0.1, -0.05) is 87.5 Å². The third-order valence-corrected chi connectivity index (χ3v) is 9.22. The van der Waals surface area contributed by atoms with Crippen LogP contribution in [0.4, 0.5) is 0 Å². The van der Waals surface area contributed by atoms with Crippen molar-refractivity contribution in [2.75, 3.05) is 6.61 Å². The van der Waals surface area contributed by atoms with Gasteiger partial charge in [0.15, 0.2) is 0 Å². The molecule has 2 nitrogen and oxygen atoms in total. The smallest absolute Gasteiger partial charge is 0.261 e. The number of rotatable bonds is 6. The summed E-state index contributed by atoms with van der Waals surface area (Å²) in [5.74, 6) is 0. The van der Waals surface area contributed by atoms with Crippen molar-refractivity contribution in [1.82, 2.24) is 0 Å². The van der Waals surface area contributed by atoms with E-state index in [-0.39, 0.29) is 11.1 Å². The molecule has 122 valence electrons. The average Bonchev–Trinajstić information content (AvgIpc) is 2.56. The summed E-state index contributed by atoms with van der Waals surface area (Å²) in [5.41, 5.74) is 6.06. The summed E-state index contributed by atoms with van der Waals surface area (Å²) in [4.78, 5) is 0. The van der Waals surface area contributed by atoms with E-state index in [9.17, 15) is 0 Å². The molecule has 2 rings (SSSR count). The second-order valence-corrected chi connectivity index (χ2v) is 11.2. The molecule has 1 atom stereocenters. The van der Waals surface area contributed by atoms with Crippen LogP contribution in [-0.2, 0) is 4.43 Å². The van der Waals surface area contributed by atoms with E-state index in [0.717, 1.165) is 0 Å². The quantitative estimate of drug-likeness (QED) is 0.654. The summed E-state index contributed by atoms with van der Waals surface area (Å²) >= 11 is 0. The van der Waals surface area contributed by atoms with E-state index >= 15 is 0 Å². The number of hydrogen-bond acceptors (Lipinski definition) is 2. The van der Waals surface area contributed by atoms with Gasteiger partial charge in [-0.3, -0.25) is 0 Å². The molecule has 0 aromatic heterocycles. The predicted molar refractivity (Wildman–Crippen MR) is 102 cm³/mol. The summed E-state index contributed by atoms with van der Waals surface area (Å²) in [5, 5.41) is 2.53. The topological polar surface area (TPSA) is 35.2 Å². The molecule has 0 saturated heterocycles. The van der Waals surface area contributed by atoms with Crippen LogP contribution in [0.3, 0.4) is 0 Å². The van der Waals surface area contributed by atoms with E-state index < -0.39 is 8.32 Å². The van der Waals surface area contributed by atoms with Crippen molar-refractivity contribution in [1.29, 1.82) is 0 Å². The van der Waals surface area contributed by atoms with Gasteiger partial charge in [-0.05, 0) is 15.4 Å². The minimum Gasteiger partial charge on any atom is -0.406 e. The Bertz CT molecular complexity index is 580. The Morgan fingerprint density at radius 2 is 1.43 bits per heavy atom. The molecular weight excluding hydrogens is 298 g/mol. The molecule has 0 aliphatic carbocycles. The Morgan fingerprint density at radius 3 is 1.78 bits per heavy atom. The molecular formula is C20H27NOSi. The molecule has 0 heterocycles. The van der Waals surface area contributed by atoms with Crippen LogP contribution in [0.5, 0.6) is 0 Å². The van der Waals surface area contributed by atoms with Crippen molar-refractivity contribution in [3.63, 3.8) is 0 Å². The molecule has 2 aromatic carbocycles. The van der Waals surface area contributed by atoms with E-state index in [1.165, 1.54) is 10.4 Å². The van der Waals surface area contributed by atoms with Gasteiger partial charge >= 0.3 is 0 Å². The van der Waals surface area contributed by atoms with Gasteiger partial charge in [0, 0.05) is 6.04 Å². The first kappa shape index (κ1) is 17.7. The molecule has 0 radical (unpaired) electrons. The Labute approximate surface area is 141 Å². The van der Waals surface area contributed by atoms with Crippen molar-refractivity contribution >= 4 is 18.7 Å². The van der Waals surface area contributed by atoms with Gasteiger partial charge in [-0.15, -0.1) is 6.58 Å². The molecule has 0 unspecified atom stereocenters. The fourth-order valence-electron chi connectivity index (χ4n) is 3.05. The monoisotopic (exact) mass is 325 g/mol. The molecule has 0 amide bonds. The minimum atomic E-state index is -2.46. The van der Waals surface area contributed by atoms with E-state index in [4.69, 9.17) is 10.2 Å². The SMILES string of the molecule is C=C[C@H](N)CO[Si](c1ccccc1)(c1ccccc1)C(C)(C)C. The molecule has 0 fully saturated rings. The first-order valence-electron chi connectivity index (χ1n) is 8.05. The standard InChI is InChI=1S/C20H27NOSi/c1-5-17(21)16-22-23(20(2,3)4,18-12-8-6-9-13-18)19-14-10-7-11-15-19/h5-15,17H,1,16,21H2,2-4H3/t17-/m0/s1. The average molecular weight is 326 g/mol. The highest BCUT2D eigenvalue weighted by Gasteiger charge is 2.50. The lowest BCUT2D eigenvalue weighted by atomic mass is 10.2. The fourth-order valence-corrected chi connectivity index (χ4v) is 7.65. The lowest BCUT2D eigenvalue weighted by Gasteiger charge is -2.43. The molecule has 0 spiro atoms. The van der Waals surface area contributed by atoms with Crippen molar-refractivity contribution in [2.24, 2.45) is 5.73 Å². The third kappa shape index (κ3) is 3.63. The summed E-state index contributed by atoms with van der Waals surface area (Å²) in [6.07, 6.45) is 1.75. The Morgan fingerprint density at radius 1 is 1.00 bits per heavy atom. The van der Waals surface area contributed by atoms with E-state index in [0.29, 0.717) is 6.61 Å². The lowest BCUT2D eigenvalue weighted by molar-refractivity contribution is 0.288. The van der Waals surface area contributed by atoms with E-state index in [2.05, 4.69) is 75.9 Å². The molecule has 0 aliphatic rings. The van der Waals surface area contributed by atoms with Crippen LogP contribution in [0.2, 0.25) is 5.04 Å². The maximum atomic E-state index is 6.66. The second-order valence-electron chi connectivity index (χ2n) is 6.87. The van der Waals surface area contributed by atoms with Crippen LogP contribution in [0, 0.1) is 0 Å². The zero-order valence-electron chi connectivity index (χ0n) is 14.3. The summed E-state index contributed by atoms with van der Waals surface area (Å²) in [7, 11) is -2.46. The fraction of sp³-hybridized carbons (Fsp3) is 0.300. The third-order valence-electron chi connectivity index (χ3n) is 4.21. The molecule has 3 heteroatoms. The van der Waals surface area contributed by atoms with Gasteiger partial charge in [-0.2, -0.15) is 0 Å². The first-order chi connectivity index (χ1) is 10.9. The summed E-state index contributed by atoms with van der Waals surface area (Å²) in [6.45, 7) is 11.0. The summed E-state index contributed by atoms with van der Waals surface area (Å²) < 4.78 is 6.66. The molecule has 0 aliphatic heterocycles. The molecule has 2 N–H and O–H groups in total. The van der Waals surface area contributed by atoms with Crippen LogP contribution in [0.1, 0.15) is 20.8 Å². The van der Waals surface area contributed by atoms with Gasteiger partial charge in [0.2, 0.25) is 0 Å². The van der Waals surface area contributed by atoms with Crippen LogP contribution in [0.15, 0.2) is 73.3 Å². The number of nitrogens with two attached hydrogens (primary N) is 1. The maximum absolute atomic E-state index is 6.66. The van der Waals surface area contributed by atoms with Crippen LogP contribution < -0.4 is 16.1 Å². The zero-order valence-corrected chi connectivity index (χ0v) is 15.3. The van der Waals surface area contributed by atoms with Crippen molar-refractivity contribution in [2.45, 2.75) is 31.9 Å². The Hall–Kier alpha value is -1.68. The first-order valence-corrected chi connectivity index (χ1v) is 9.96. The highest BCUT2D eigenvalue weighted by molar-refractivity contribution is 6.99. The van der Waals surface area contributed by atoms with E-state index in [1.54, 1.807) is 6.08 Å². The largest absolute Gasteiger partial charge is 0.406 e. The minimum absolute atomic E-state index is 0.0173. The van der Waals surface area contributed by atoms with Crippen LogP contribution in [-0.4, -0.2) is 21.0 Å². The Balaban J connectivity index is 2.62. The molecule has 2 aromatic rings. The maximum Gasteiger partial charge on any atom is 0.261 e. The molecule has 23 heavy (non-hydrogen) atoms. The lowest BCUT2D eigenvalue weighted by Crippen LogP contribution is -2.67. The van der Waals surface area contributed by atoms with Gasteiger partial charge in [0.1, 0.15) is 0 Å². The van der Waals surface area contributed by atoms with E-state index in [1.807, 2.05) is 12.1 Å². The predicted octanol–water partition coefficient (Wildman–Crippen LogP) is 3.08.